The van der Waals surface area contributed by atoms with Crippen LogP contribution in [0.2, 0.25) is 0 Å². The Bertz CT molecular complexity index is 709. The summed E-state index contributed by atoms with van der Waals surface area (Å²) >= 11 is 0. The summed E-state index contributed by atoms with van der Waals surface area (Å²) in [7, 11) is -3.65. The molecule has 0 bridgehead atoms. The topological polar surface area (TPSA) is 66.4 Å². The molecule has 0 amide bonds. The van der Waals surface area contributed by atoms with Gasteiger partial charge in [0.05, 0.1) is 11.5 Å². The van der Waals surface area contributed by atoms with Gasteiger partial charge in [0.2, 0.25) is 0 Å². The van der Waals surface area contributed by atoms with Crippen LogP contribution in [0.15, 0.2) is 47.4 Å². The Morgan fingerprint density at radius 3 is 2.30 bits per heavy atom. The molecule has 106 valence electrons. The average molecular weight is 291 g/mol. The van der Waals surface area contributed by atoms with Gasteiger partial charge in [0.15, 0.2) is 0 Å². The van der Waals surface area contributed by atoms with Gasteiger partial charge in [0.1, 0.15) is 0 Å². The van der Waals surface area contributed by atoms with Crippen molar-refractivity contribution in [3.8, 4) is 0 Å². The van der Waals surface area contributed by atoms with Gasteiger partial charge in [-0.1, -0.05) is 24.3 Å². The number of rotatable bonds is 4. The average Bonchev–Trinajstić information content (AvgIpc) is 2.39. The molecule has 0 aliphatic carbocycles. The van der Waals surface area contributed by atoms with Crippen molar-refractivity contribution >= 4 is 15.7 Å². The van der Waals surface area contributed by atoms with Crippen LogP contribution >= 0.6 is 0 Å². The summed E-state index contributed by atoms with van der Waals surface area (Å²) in [5.41, 5.74) is 2.66. The fourth-order valence-electron chi connectivity index (χ4n) is 2.05. The Hall–Kier alpha value is -1.85. The van der Waals surface area contributed by atoms with Crippen molar-refractivity contribution in [2.24, 2.45) is 0 Å². The molecular formula is C15H17NO3S. The molecule has 0 aliphatic heterocycles. The lowest BCUT2D eigenvalue weighted by Crippen LogP contribution is -2.15. The first-order valence-corrected chi connectivity index (χ1v) is 7.71. The summed E-state index contributed by atoms with van der Waals surface area (Å²) in [5.74, 6) is 0. The Morgan fingerprint density at radius 2 is 1.70 bits per heavy atom. The number of aliphatic hydroxyl groups excluding tert-OH is 1. The van der Waals surface area contributed by atoms with E-state index in [1.54, 1.807) is 37.3 Å². The van der Waals surface area contributed by atoms with E-state index < -0.39 is 10.0 Å². The summed E-state index contributed by atoms with van der Waals surface area (Å²) in [6, 6.07) is 12.0. The molecule has 0 saturated heterocycles. The monoisotopic (exact) mass is 291 g/mol. The highest BCUT2D eigenvalue weighted by molar-refractivity contribution is 7.92. The third-order valence-corrected chi connectivity index (χ3v) is 4.64. The van der Waals surface area contributed by atoms with Crippen LogP contribution in [0, 0.1) is 13.8 Å². The molecule has 0 saturated carbocycles. The fraction of sp³-hybridized carbons (Fsp3) is 0.200. The summed E-state index contributed by atoms with van der Waals surface area (Å²) in [6.45, 7) is 3.41. The van der Waals surface area contributed by atoms with Gasteiger partial charge in [-0.2, -0.15) is 0 Å². The number of anilines is 1. The molecular weight excluding hydrogens is 274 g/mol. The van der Waals surface area contributed by atoms with E-state index in [1.165, 1.54) is 6.07 Å². The van der Waals surface area contributed by atoms with Crippen molar-refractivity contribution in [1.29, 1.82) is 0 Å². The Labute approximate surface area is 119 Å². The molecule has 0 heterocycles. The minimum Gasteiger partial charge on any atom is -0.392 e. The van der Waals surface area contributed by atoms with Gasteiger partial charge < -0.3 is 5.11 Å². The van der Waals surface area contributed by atoms with Crippen LogP contribution in [-0.4, -0.2) is 13.5 Å². The molecule has 0 fully saturated rings. The van der Waals surface area contributed by atoms with Gasteiger partial charge in [-0.3, -0.25) is 4.72 Å². The zero-order chi connectivity index (χ0) is 14.8. The van der Waals surface area contributed by atoms with Gasteiger partial charge >= 0.3 is 0 Å². The summed E-state index contributed by atoms with van der Waals surface area (Å²) in [5, 5.41) is 9.27. The van der Waals surface area contributed by atoms with Gasteiger partial charge in [-0.15, -0.1) is 0 Å². The minimum absolute atomic E-state index is 0.181. The van der Waals surface area contributed by atoms with Crippen LogP contribution in [0.5, 0.6) is 0 Å². The molecule has 0 unspecified atom stereocenters. The molecule has 0 atom stereocenters. The number of nitrogens with one attached hydrogen (secondary N) is 1. The van der Waals surface area contributed by atoms with Gasteiger partial charge in [-0.25, -0.2) is 8.42 Å². The summed E-state index contributed by atoms with van der Waals surface area (Å²) in [4.78, 5) is 0.191. The summed E-state index contributed by atoms with van der Waals surface area (Å²) in [6.07, 6.45) is 0. The predicted octanol–water partition coefficient (Wildman–Crippen LogP) is 2.60. The predicted molar refractivity (Wildman–Crippen MR) is 79.1 cm³/mol. The number of hydrogen-bond acceptors (Lipinski definition) is 3. The molecule has 0 radical (unpaired) electrons. The van der Waals surface area contributed by atoms with E-state index in [9.17, 15) is 13.5 Å². The molecule has 20 heavy (non-hydrogen) atoms. The SMILES string of the molecule is Cc1cc(C)c(S(=O)(=O)Nc2ccccc2)cc1CO. The first-order chi connectivity index (χ1) is 9.44. The number of hydrogen-bond donors (Lipinski definition) is 2. The van der Waals surface area contributed by atoms with Crippen molar-refractivity contribution in [3.05, 3.63) is 59.2 Å². The third-order valence-electron chi connectivity index (χ3n) is 3.12. The largest absolute Gasteiger partial charge is 0.392 e. The molecule has 0 spiro atoms. The highest BCUT2D eigenvalue weighted by Crippen LogP contribution is 2.23. The number of sulfonamides is 1. The van der Waals surface area contributed by atoms with E-state index in [4.69, 9.17) is 0 Å². The molecule has 4 nitrogen and oxygen atoms in total. The van der Waals surface area contributed by atoms with E-state index >= 15 is 0 Å². The number of aryl methyl sites for hydroxylation is 2. The second kappa shape index (κ2) is 5.64. The van der Waals surface area contributed by atoms with Crippen LogP contribution in [0.25, 0.3) is 0 Å². The molecule has 0 aliphatic rings. The van der Waals surface area contributed by atoms with E-state index in [0.717, 1.165) is 5.56 Å². The zero-order valence-electron chi connectivity index (χ0n) is 11.4. The Kier molecular flexibility index (Phi) is 4.11. The van der Waals surface area contributed by atoms with E-state index in [2.05, 4.69) is 4.72 Å². The van der Waals surface area contributed by atoms with Crippen molar-refractivity contribution in [3.63, 3.8) is 0 Å². The van der Waals surface area contributed by atoms with Crippen molar-refractivity contribution < 1.29 is 13.5 Å². The molecule has 0 aromatic heterocycles. The second-order valence-electron chi connectivity index (χ2n) is 4.67. The van der Waals surface area contributed by atoms with Gasteiger partial charge in [0, 0.05) is 5.69 Å². The zero-order valence-corrected chi connectivity index (χ0v) is 12.2. The van der Waals surface area contributed by atoms with Crippen molar-refractivity contribution in [1.82, 2.24) is 0 Å². The smallest absolute Gasteiger partial charge is 0.262 e. The standard InChI is InChI=1S/C15H17NO3S/c1-11-8-12(2)15(9-13(11)10-17)20(18,19)16-14-6-4-3-5-7-14/h3-9,16-17H,10H2,1-2H3. The lowest BCUT2D eigenvalue weighted by Gasteiger charge is -2.13. The van der Waals surface area contributed by atoms with Crippen LogP contribution in [0.1, 0.15) is 16.7 Å². The fourth-order valence-corrected chi connectivity index (χ4v) is 3.39. The molecule has 5 heteroatoms. The minimum atomic E-state index is -3.65. The summed E-state index contributed by atoms with van der Waals surface area (Å²) < 4.78 is 27.4. The van der Waals surface area contributed by atoms with Crippen LogP contribution in [0.4, 0.5) is 5.69 Å². The van der Waals surface area contributed by atoms with Gasteiger partial charge in [0.25, 0.3) is 10.0 Å². The highest BCUT2D eigenvalue weighted by Gasteiger charge is 2.18. The van der Waals surface area contributed by atoms with E-state index in [0.29, 0.717) is 16.8 Å². The lowest BCUT2D eigenvalue weighted by molar-refractivity contribution is 0.280. The number of aliphatic hydroxyl groups is 1. The molecule has 2 N–H and O–H groups in total. The first kappa shape index (κ1) is 14.6. The Morgan fingerprint density at radius 1 is 1.05 bits per heavy atom. The molecule has 2 aromatic rings. The maximum atomic E-state index is 12.4. The van der Waals surface area contributed by atoms with Crippen LogP contribution in [0.3, 0.4) is 0 Å². The molecule has 2 rings (SSSR count). The second-order valence-corrected chi connectivity index (χ2v) is 6.32. The quantitative estimate of drug-likeness (QED) is 0.910. The lowest BCUT2D eigenvalue weighted by atomic mass is 10.1. The Balaban J connectivity index is 2.44. The maximum absolute atomic E-state index is 12.4. The van der Waals surface area contributed by atoms with Crippen LogP contribution < -0.4 is 4.72 Å². The number of benzene rings is 2. The normalized spacial score (nSPS) is 11.3. The van der Waals surface area contributed by atoms with Crippen molar-refractivity contribution in [2.75, 3.05) is 4.72 Å². The maximum Gasteiger partial charge on any atom is 0.262 e. The van der Waals surface area contributed by atoms with E-state index in [-0.39, 0.29) is 11.5 Å². The molecule has 2 aromatic carbocycles. The number of para-hydroxylation sites is 1. The third kappa shape index (κ3) is 3.00. The van der Waals surface area contributed by atoms with E-state index in [1.807, 2.05) is 13.0 Å². The highest BCUT2D eigenvalue weighted by atomic mass is 32.2. The first-order valence-electron chi connectivity index (χ1n) is 6.23. The van der Waals surface area contributed by atoms with Gasteiger partial charge in [-0.05, 0) is 48.7 Å². The van der Waals surface area contributed by atoms with Crippen molar-refractivity contribution in [2.45, 2.75) is 25.3 Å². The van der Waals surface area contributed by atoms with Crippen LogP contribution in [-0.2, 0) is 16.6 Å².